The van der Waals surface area contributed by atoms with E-state index in [0.29, 0.717) is 18.2 Å². The highest BCUT2D eigenvalue weighted by atomic mass is 19.1. The number of halogens is 1. The number of nitrogens with one attached hydrogen (secondary N) is 1. The first-order valence-corrected chi connectivity index (χ1v) is 5.88. The lowest BCUT2D eigenvalue weighted by Gasteiger charge is -2.28. The molecule has 0 aromatic heterocycles. The second kappa shape index (κ2) is 5.27. The van der Waals surface area contributed by atoms with Gasteiger partial charge in [-0.25, -0.2) is 4.39 Å². The molecule has 92 valence electrons. The van der Waals surface area contributed by atoms with Crippen molar-refractivity contribution in [3.05, 3.63) is 35.6 Å². The SMILES string of the molecule is O=C(O)C(CNC1CCC1)c1ccc(F)cc1. The van der Waals surface area contributed by atoms with Gasteiger partial charge in [-0.2, -0.15) is 0 Å². The van der Waals surface area contributed by atoms with E-state index in [9.17, 15) is 9.18 Å². The second-order valence-electron chi connectivity index (χ2n) is 4.48. The molecule has 0 heterocycles. The molecule has 4 heteroatoms. The summed E-state index contributed by atoms with van der Waals surface area (Å²) in [6.07, 6.45) is 3.46. The van der Waals surface area contributed by atoms with E-state index in [1.165, 1.54) is 30.7 Å². The Bertz CT molecular complexity index is 387. The van der Waals surface area contributed by atoms with Crippen LogP contribution in [0.4, 0.5) is 4.39 Å². The van der Waals surface area contributed by atoms with Gasteiger partial charge in [0.05, 0.1) is 5.92 Å². The molecule has 1 atom stereocenters. The zero-order chi connectivity index (χ0) is 12.3. The molecule has 2 rings (SSSR count). The fourth-order valence-corrected chi connectivity index (χ4v) is 1.94. The van der Waals surface area contributed by atoms with Gasteiger partial charge in [-0.05, 0) is 30.5 Å². The fourth-order valence-electron chi connectivity index (χ4n) is 1.94. The molecule has 0 saturated heterocycles. The number of aliphatic carboxylic acids is 1. The zero-order valence-electron chi connectivity index (χ0n) is 9.53. The topological polar surface area (TPSA) is 49.3 Å². The van der Waals surface area contributed by atoms with Crippen molar-refractivity contribution in [3.63, 3.8) is 0 Å². The molecule has 1 fully saturated rings. The Balaban J connectivity index is 2.00. The predicted molar refractivity (Wildman–Crippen MR) is 62.4 cm³/mol. The maximum atomic E-state index is 12.8. The van der Waals surface area contributed by atoms with Gasteiger partial charge in [-0.3, -0.25) is 4.79 Å². The average molecular weight is 237 g/mol. The van der Waals surface area contributed by atoms with Crippen molar-refractivity contribution in [3.8, 4) is 0 Å². The predicted octanol–water partition coefficient (Wildman–Crippen LogP) is 2.14. The summed E-state index contributed by atoms with van der Waals surface area (Å²) in [7, 11) is 0. The maximum Gasteiger partial charge on any atom is 0.312 e. The number of hydrogen-bond acceptors (Lipinski definition) is 2. The van der Waals surface area contributed by atoms with Crippen molar-refractivity contribution < 1.29 is 14.3 Å². The number of carboxylic acids is 1. The van der Waals surface area contributed by atoms with Gasteiger partial charge in [0.1, 0.15) is 5.82 Å². The molecule has 1 aromatic rings. The van der Waals surface area contributed by atoms with Crippen LogP contribution in [0.2, 0.25) is 0 Å². The van der Waals surface area contributed by atoms with E-state index in [-0.39, 0.29) is 5.82 Å². The first kappa shape index (κ1) is 12.0. The molecule has 1 aliphatic rings. The van der Waals surface area contributed by atoms with Crippen LogP contribution in [0.15, 0.2) is 24.3 Å². The molecule has 0 radical (unpaired) electrons. The summed E-state index contributed by atoms with van der Waals surface area (Å²) in [4.78, 5) is 11.2. The maximum absolute atomic E-state index is 12.8. The lowest BCUT2D eigenvalue weighted by atomic mass is 9.91. The van der Waals surface area contributed by atoms with Crippen molar-refractivity contribution in [1.82, 2.24) is 5.32 Å². The van der Waals surface area contributed by atoms with Gasteiger partial charge in [-0.15, -0.1) is 0 Å². The Labute approximate surface area is 99.7 Å². The third-order valence-corrected chi connectivity index (χ3v) is 3.29. The first-order chi connectivity index (χ1) is 8.16. The summed E-state index contributed by atoms with van der Waals surface area (Å²) in [6.45, 7) is 0.408. The molecule has 3 nitrogen and oxygen atoms in total. The van der Waals surface area contributed by atoms with Crippen LogP contribution in [0, 0.1) is 5.82 Å². The molecule has 0 amide bonds. The molecule has 0 spiro atoms. The van der Waals surface area contributed by atoms with Crippen molar-refractivity contribution in [2.24, 2.45) is 0 Å². The molecular weight excluding hydrogens is 221 g/mol. The van der Waals surface area contributed by atoms with Gasteiger partial charge in [0, 0.05) is 12.6 Å². The third-order valence-electron chi connectivity index (χ3n) is 3.29. The minimum absolute atomic E-state index is 0.343. The highest BCUT2D eigenvalue weighted by molar-refractivity contribution is 5.76. The van der Waals surface area contributed by atoms with E-state index < -0.39 is 11.9 Å². The minimum atomic E-state index is -0.872. The molecule has 0 bridgehead atoms. The fraction of sp³-hybridized carbons (Fsp3) is 0.462. The largest absolute Gasteiger partial charge is 0.481 e. The number of carbonyl (C=O) groups is 1. The Hall–Kier alpha value is -1.42. The number of hydrogen-bond donors (Lipinski definition) is 2. The monoisotopic (exact) mass is 237 g/mol. The minimum Gasteiger partial charge on any atom is -0.481 e. The smallest absolute Gasteiger partial charge is 0.312 e. The van der Waals surface area contributed by atoms with Crippen molar-refractivity contribution >= 4 is 5.97 Å². The summed E-state index contributed by atoms with van der Waals surface area (Å²) in [5.74, 6) is -1.82. The van der Waals surface area contributed by atoms with Crippen LogP contribution in [0.5, 0.6) is 0 Å². The van der Waals surface area contributed by atoms with E-state index in [4.69, 9.17) is 5.11 Å². The summed E-state index contributed by atoms with van der Waals surface area (Å²) < 4.78 is 12.8. The first-order valence-electron chi connectivity index (χ1n) is 5.88. The van der Waals surface area contributed by atoms with Crippen LogP contribution in [0.1, 0.15) is 30.7 Å². The normalized spacial score (nSPS) is 17.5. The highest BCUT2D eigenvalue weighted by Gasteiger charge is 2.23. The molecule has 1 saturated carbocycles. The van der Waals surface area contributed by atoms with Crippen molar-refractivity contribution in [1.29, 1.82) is 0 Å². The standard InChI is InChI=1S/C13H16FNO2/c14-10-6-4-9(5-7-10)12(13(16)17)8-15-11-2-1-3-11/h4-7,11-12,15H,1-3,8H2,(H,16,17). The van der Waals surface area contributed by atoms with E-state index in [1.54, 1.807) is 0 Å². The van der Waals surface area contributed by atoms with Gasteiger partial charge in [0.2, 0.25) is 0 Å². The zero-order valence-corrected chi connectivity index (χ0v) is 9.53. The van der Waals surface area contributed by atoms with Crippen LogP contribution in [-0.2, 0) is 4.79 Å². The Morgan fingerprint density at radius 1 is 1.41 bits per heavy atom. The van der Waals surface area contributed by atoms with Crippen molar-refractivity contribution in [2.75, 3.05) is 6.54 Å². The van der Waals surface area contributed by atoms with Crippen LogP contribution >= 0.6 is 0 Å². The van der Waals surface area contributed by atoms with Crippen LogP contribution in [0.25, 0.3) is 0 Å². The molecule has 1 unspecified atom stereocenters. The van der Waals surface area contributed by atoms with E-state index in [0.717, 1.165) is 12.8 Å². The van der Waals surface area contributed by atoms with Gasteiger partial charge in [-0.1, -0.05) is 18.6 Å². The summed E-state index contributed by atoms with van der Waals surface area (Å²) in [5, 5.41) is 12.4. The lowest BCUT2D eigenvalue weighted by molar-refractivity contribution is -0.138. The highest BCUT2D eigenvalue weighted by Crippen LogP contribution is 2.21. The van der Waals surface area contributed by atoms with E-state index >= 15 is 0 Å². The molecular formula is C13H16FNO2. The summed E-state index contributed by atoms with van der Waals surface area (Å²) in [6, 6.07) is 6.13. The quantitative estimate of drug-likeness (QED) is 0.824. The van der Waals surface area contributed by atoms with E-state index in [2.05, 4.69) is 5.32 Å². The average Bonchev–Trinajstić information content (AvgIpc) is 2.23. The van der Waals surface area contributed by atoms with Crippen molar-refractivity contribution in [2.45, 2.75) is 31.2 Å². The number of carboxylic acid groups (broad SMARTS) is 1. The van der Waals surface area contributed by atoms with E-state index in [1.807, 2.05) is 0 Å². The van der Waals surface area contributed by atoms with Crippen LogP contribution in [0.3, 0.4) is 0 Å². The van der Waals surface area contributed by atoms with Gasteiger partial charge in [0.25, 0.3) is 0 Å². The molecule has 1 aromatic carbocycles. The Kier molecular flexibility index (Phi) is 3.74. The summed E-state index contributed by atoms with van der Waals surface area (Å²) >= 11 is 0. The number of benzene rings is 1. The number of rotatable bonds is 5. The molecule has 1 aliphatic carbocycles. The second-order valence-corrected chi connectivity index (χ2v) is 4.48. The Morgan fingerprint density at radius 3 is 2.53 bits per heavy atom. The molecule has 2 N–H and O–H groups in total. The Morgan fingerprint density at radius 2 is 2.06 bits per heavy atom. The van der Waals surface area contributed by atoms with Gasteiger partial charge >= 0.3 is 5.97 Å². The molecule has 0 aliphatic heterocycles. The van der Waals surface area contributed by atoms with Crippen LogP contribution < -0.4 is 5.32 Å². The summed E-state index contributed by atoms with van der Waals surface area (Å²) in [5.41, 5.74) is 0.644. The molecule has 17 heavy (non-hydrogen) atoms. The van der Waals surface area contributed by atoms with Gasteiger partial charge < -0.3 is 10.4 Å². The van der Waals surface area contributed by atoms with Gasteiger partial charge in [0.15, 0.2) is 0 Å². The van der Waals surface area contributed by atoms with Crippen LogP contribution in [-0.4, -0.2) is 23.7 Å². The third kappa shape index (κ3) is 3.03. The lowest BCUT2D eigenvalue weighted by Crippen LogP contribution is -2.39.